The monoisotopic (exact) mass is 168 g/mol. The van der Waals surface area contributed by atoms with E-state index < -0.39 is 11.2 Å². The molecule has 0 heterocycles. The number of rotatable bonds is 4. The predicted molar refractivity (Wildman–Crippen MR) is 40.4 cm³/mol. The minimum atomic E-state index is -0.872. The maximum absolute atomic E-state index is 10.1. The first-order valence-electron chi connectivity index (χ1n) is 2.65. The molecule has 54 valence electrons. The number of alkyl halides is 1. The van der Waals surface area contributed by atoms with Crippen LogP contribution in [0.25, 0.3) is 0 Å². The Morgan fingerprint density at radius 1 is 1.78 bits per heavy atom. The van der Waals surface area contributed by atoms with Crippen LogP contribution in [0, 0.1) is 0 Å². The Morgan fingerprint density at radius 2 is 2.33 bits per heavy atom. The van der Waals surface area contributed by atoms with Gasteiger partial charge in [-0.05, 0) is 12.8 Å². The standard InChI is InChI=1S/C5H9ClO2S/c6-3-1-2-4(9)5(7)8/h4,9H,1-3H2,(H,7,8). The summed E-state index contributed by atoms with van der Waals surface area (Å²) in [4.78, 5) is 10.1. The van der Waals surface area contributed by atoms with Gasteiger partial charge in [0.15, 0.2) is 0 Å². The first kappa shape index (κ1) is 9.11. The highest BCUT2D eigenvalue weighted by Gasteiger charge is 2.09. The van der Waals surface area contributed by atoms with Gasteiger partial charge in [-0.15, -0.1) is 11.6 Å². The van der Waals surface area contributed by atoms with E-state index >= 15 is 0 Å². The van der Waals surface area contributed by atoms with Gasteiger partial charge in [-0.1, -0.05) is 0 Å². The highest BCUT2D eigenvalue weighted by molar-refractivity contribution is 7.81. The molecule has 0 aliphatic carbocycles. The van der Waals surface area contributed by atoms with Gasteiger partial charge >= 0.3 is 5.97 Å². The van der Waals surface area contributed by atoms with Crippen LogP contribution < -0.4 is 0 Å². The van der Waals surface area contributed by atoms with Crippen molar-refractivity contribution in [2.45, 2.75) is 18.1 Å². The first-order valence-corrected chi connectivity index (χ1v) is 3.70. The van der Waals surface area contributed by atoms with Crippen LogP contribution in [-0.2, 0) is 4.79 Å². The average Bonchev–Trinajstić information content (AvgIpc) is 1.82. The lowest BCUT2D eigenvalue weighted by atomic mass is 10.2. The number of halogens is 1. The fourth-order valence-electron chi connectivity index (χ4n) is 0.394. The van der Waals surface area contributed by atoms with Crippen molar-refractivity contribution in [3.63, 3.8) is 0 Å². The Balaban J connectivity index is 3.27. The third-order valence-corrected chi connectivity index (χ3v) is 1.64. The molecule has 2 nitrogen and oxygen atoms in total. The second kappa shape index (κ2) is 4.94. The topological polar surface area (TPSA) is 37.3 Å². The number of thiol groups is 1. The Hall–Kier alpha value is 0.110. The zero-order valence-electron chi connectivity index (χ0n) is 4.88. The van der Waals surface area contributed by atoms with Gasteiger partial charge in [0.05, 0.1) is 5.25 Å². The van der Waals surface area contributed by atoms with Gasteiger partial charge in [0.25, 0.3) is 0 Å². The lowest BCUT2D eigenvalue weighted by Gasteiger charge is -2.00. The summed E-state index contributed by atoms with van der Waals surface area (Å²) in [6, 6.07) is 0. The van der Waals surface area contributed by atoms with E-state index in [0.717, 1.165) is 0 Å². The molecule has 0 rings (SSSR count). The third-order valence-electron chi connectivity index (χ3n) is 0.896. The normalized spacial score (nSPS) is 13.1. The van der Waals surface area contributed by atoms with Crippen LogP contribution in [0.15, 0.2) is 0 Å². The van der Waals surface area contributed by atoms with E-state index in [1.807, 2.05) is 0 Å². The minimum Gasteiger partial charge on any atom is -0.480 e. The Bertz CT molecular complexity index is 97.0. The van der Waals surface area contributed by atoms with Crippen LogP contribution in [0.2, 0.25) is 0 Å². The summed E-state index contributed by atoms with van der Waals surface area (Å²) in [5.74, 6) is -0.367. The summed E-state index contributed by atoms with van der Waals surface area (Å²) in [7, 11) is 0. The molecule has 0 aliphatic heterocycles. The van der Waals surface area contributed by atoms with E-state index in [1.54, 1.807) is 0 Å². The predicted octanol–water partition coefficient (Wildman–Crippen LogP) is 1.39. The summed E-state index contributed by atoms with van der Waals surface area (Å²) < 4.78 is 0. The quantitative estimate of drug-likeness (QED) is 0.492. The lowest BCUT2D eigenvalue weighted by molar-refractivity contribution is -0.136. The largest absolute Gasteiger partial charge is 0.480 e. The molecule has 0 bridgehead atoms. The molecule has 9 heavy (non-hydrogen) atoms. The third kappa shape index (κ3) is 4.60. The van der Waals surface area contributed by atoms with Crippen molar-refractivity contribution in [3.8, 4) is 0 Å². The van der Waals surface area contributed by atoms with Crippen molar-refractivity contribution < 1.29 is 9.90 Å². The van der Waals surface area contributed by atoms with E-state index in [0.29, 0.717) is 18.7 Å². The molecule has 0 spiro atoms. The number of aliphatic carboxylic acids is 1. The fourth-order valence-corrected chi connectivity index (χ4v) is 0.731. The first-order chi connectivity index (χ1) is 4.18. The SMILES string of the molecule is O=C(O)C(S)CCCCl. The van der Waals surface area contributed by atoms with Crippen LogP contribution in [-0.4, -0.2) is 22.2 Å². The van der Waals surface area contributed by atoms with Crippen molar-refractivity contribution in [2.75, 3.05) is 5.88 Å². The fraction of sp³-hybridized carbons (Fsp3) is 0.800. The van der Waals surface area contributed by atoms with Gasteiger partial charge in [-0.2, -0.15) is 12.6 Å². The van der Waals surface area contributed by atoms with Gasteiger partial charge in [0.2, 0.25) is 0 Å². The molecule has 0 radical (unpaired) electrons. The molecule has 1 N–H and O–H groups in total. The average molecular weight is 169 g/mol. The summed E-state index contributed by atoms with van der Waals surface area (Å²) in [5.41, 5.74) is 0. The molecule has 1 unspecified atom stereocenters. The van der Waals surface area contributed by atoms with Gasteiger partial charge in [0, 0.05) is 5.88 Å². The maximum atomic E-state index is 10.1. The summed E-state index contributed by atoms with van der Waals surface area (Å²) in [5, 5.41) is 7.74. The van der Waals surface area contributed by atoms with E-state index in [4.69, 9.17) is 16.7 Å². The van der Waals surface area contributed by atoms with Crippen LogP contribution >= 0.6 is 24.2 Å². The van der Waals surface area contributed by atoms with E-state index in [-0.39, 0.29) is 0 Å². The minimum absolute atomic E-state index is 0.504. The molecule has 0 aromatic carbocycles. The number of hydrogen-bond acceptors (Lipinski definition) is 2. The Kier molecular flexibility index (Phi) is 5.00. The van der Waals surface area contributed by atoms with Gasteiger partial charge in [-0.25, -0.2) is 0 Å². The number of hydrogen-bond donors (Lipinski definition) is 2. The van der Waals surface area contributed by atoms with Gasteiger partial charge in [-0.3, -0.25) is 4.79 Å². The molecule has 0 saturated carbocycles. The summed E-state index contributed by atoms with van der Waals surface area (Å²) in [6.45, 7) is 0. The van der Waals surface area contributed by atoms with E-state index in [1.165, 1.54) is 0 Å². The molecular formula is C5H9ClO2S. The maximum Gasteiger partial charge on any atom is 0.316 e. The van der Waals surface area contributed by atoms with Crippen LogP contribution in [0.3, 0.4) is 0 Å². The van der Waals surface area contributed by atoms with Gasteiger partial charge < -0.3 is 5.11 Å². The molecule has 1 atom stereocenters. The van der Waals surface area contributed by atoms with E-state index in [9.17, 15) is 4.79 Å². The smallest absolute Gasteiger partial charge is 0.316 e. The van der Waals surface area contributed by atoms with Crippen molar-refractivity contribution in [3.05, 3.63) is 0 Å². The zero-order chi connectivity index (χ0) is 7.28. The van der Waals surface area contributed by atoms with Crippen LogP contribution in [0.4, 0.5) is 0 Å². The molecule has 0 aromatic heterocycles. The molecule has 0 aromatic rings. The second-order valence-electron chi connectivity index (χ2n) is 1.69. The summed E-state index contributed by atoms with van der Waals surface area (Å²) in [6.07, 6.45) is 1.25. The van der Waals surface area contributed by atoms with Crippen molar-refractivity contribution in [1.82, 2.24) is 0 Å². The second-order valence-corrected chi connectivity index (χ2v) is 2.69. The highest BCUT2D eigenvalue weighted by atomic mass is 35.5. The molecule has 0 fully saturated rings. The zero-order valence-corrected chi connectivity index (χ0v) is 6.53. The van der Waals surface area contributed by atoms with Crippen molar-refractivity contribution in [1.29, 1.82) is 0 Å². The molecule has 4 heteroatoms. The molecule has 0 aliphatic rings. The number of carboxylic acids is 1. The molecular weight excluding hydrogens is 160 g/mol. The highest BCUT2D eigenvalue weighted by Crippen LogP contribution is 2.04. The van der Waals surface area contributed by atoms with Crippen molar-refractivity contribution >= 4 is 30.2 Å². The van der Waals surface area contributed by atoms with Gasteiger partial charge in [0.1, 0.15) is 0 Å². The summed E-state index contributed by atoms with van der Waals surface area (Å²) >= 11 is 9.12. The number of carbonyl (C=O) groups is 1. The lowest BCUT2D eigenvalue weighted by Crippen LogP contribution is -2.12. The Labute approximate surface area is 64.6 Å². The van der Waals surface area contributed by atoms with Crippen LogP contribution in [0.5, 0.6) is 0 Å². The van der Waals surface area contributed by atoms with E-state index in [2.05, 4.69) is 12.6 Å². The molecule has 0 amide bonds. The molecule has 0 saturated heterocycles. The Morgan fingerprint density at radius 3 is 2.67 bits per heavy atom. The number of carboxylic acid groups (broad SMARTS) is 1. The van der Waals surface area contributed by atoms with Crippen LogP contribution in [0.1, 0.15) is 12.8 Å². The van der Waals surface area contributed by atoms with Crippen molar-refractivity contribution in [2.24, 2.45) is 0 Å².